The molecular weight excluding hydrogens is 408 g/mol. The van der Waals surface area contributed by atoms with Crippen LogP contribution < -0.4 is 10.1 Å². The van der Waals surface area contributed by atoms with Crippen molar-refractivity contribution in [3.8, 4) is 5.75 Å². The molecule has 1 N–H and O–H groups in total. The lowest BCUT2D eigenvalue weighted by Crippen LogP contribution is -2.23. The number of rotatable bonds is 8. The Balaban J connectivity index is 1.94. The summed E-state index contributed by atoms with van der Waals surface area (Å²) in [6, 6.07) is 5.24. The Hall–Kier alpha value is -1.87. The fourth-order valence-corrected chi connectivity index (χ4v) is 3.46. The highest BCUT2D eigenvalue weighted by Crippen LogP contribution is 2.26. The van der Waals surface area contributed by atoms with Gasteiger partial charge < -0.3 is 14.6 Å². The van der Waals surface area contributed by atoms with Gasteiger partial charge in [-0.2, -0.15) is 0 Å². The molecule has 2 aromatic rings. The Bertz CT molecular complexity index is 779. The highest BCUT2D eigenvalue weighted by Gasteiger charge is 2.14. The first-order valence-corrected chi connectivity index (χ1v) is 9.32. The molecule has 0 saturated heterocycles. The molecule has 0 radical (unpaired) electrons. The number of carbonyl (C=O) groups is 2. The Labute approximate surface area is 158 Å². The minimum absolute atomic E-state index is 0.00357. The summed E-state index contributed by atoms with van der Waals surface area (Å²) < 4.78 is 7.74. The van der Waals surface area contributed by atoms with Crippen LogP contribution in [0, 0.1) is 0 Å². The van der Waals surface area contributed by atoms with Crippen molar-refractivity contribution in [2.24, 2.45) is 7.05 Å². The third-order valence-corrected chi connectivity index (χ3v) is 5.09. The fourth-order valence-electron chi connectivity index (χ4n) is 2.09. The summed E-state index contributed by atoms with van der Waals surface area (Å²) in [7, 11) is 3.43. The van der Waals surface area contributed by atoms with E-state index < -0.39 is 0 Å². The SMILES string of the molecule is COc1ccc(C(=O)CSc2nnc(CCNC(C)=O)n2C)cc1Br. The van der Waals surface area contributed by atoms with Crippen molar-refractivity contribution in [3.63, 3.8) is 0 Å². The maximum absolute atomic E-state index is 12.3. The number of halogens is 1. The van der Waals surface area contributed by atoms with Gasteiger partial charge in [-0.1, -0.05) is 11.8 Å². The van der Waals surface area contributed by atoms with Crippen molar-refractivity contribution in [3.05, 3.63) is 34.1 Å². The van der Waals surface area contributed by atoms with Crippen LogP contribution in [0.2, 0.25) is 0 Å². The van der Waals surface area contributed by atoms with Crippen molar-refractivity contribution in [2.75, 3.05) is 19.4 Å². The molecular formula is C16H19BrN4O3S. The molecule has 1 heterocycles. The summed E-state index contributed by atoms with van der Waals surface area (Å²) >= 11 is 4.71. The van der Waals surface area contributed by atoms with Gasteiger partial charge in [0.05, 0.1) is 17.3 Å². The van der Waals surface area contributed by atoms with Gasteiger partial charge in [0.25, 0.3) is 0 Å². The topological polar surface area (TPSA) is 86.1 Å². The number of carbonyl (C=O) groups excluding carboxylic acids is 2. The lowest BCUT2D eigenvalue weighted by molar-refractivity contribution is -0.118. The van der Waals surface area contributed by atoms with Crippen molar-refractivity contribution in [1.82, 2.24) is 20.1 Å². The van der Waals surface area contributed by atoms with Gasteiger partial charge in [-0.05, 0) is 34.1 Å². The van der Waals surface area contributed by atoms with E-state index in [1.807, 2.05) is 11.6 Å². The number of benzene rings is 1. The summed E-state index contributed by atoms with van der Waals surface area (Å²) in [4.78, 5) is 23.2. The second-order valence-corrected chi connectivity index (χ2v) is 7.05. The van der Waals surface area contributed by atoms with Crippen molar-refractivity contribution in [2.45, 2.75) is 18.5 Å². The van der Waals surface area contributed by atoms with E-state index in [0.29, 0.717) is 29.4 Å². The summed E-state index contributed by atoms with van der Waals surface area (Å²) in [5.41, 5.74) is 0.605. The second kappa shape index (κ2) is 9.00. The summed E-state index contributed by atoms with van der Waals surface area (Å²) in [5.74, 6) is 1.62. The molecule has 7 nitrogen and oxygen atoms in total. The Morgan fingerprint density at radius 3 is 2.76 bits per heavy atom. The van der Waals surface area contributed by atoms with Crippen LogP contribution >= 0.6 is 27.7 Å². The number of hydrogen-bond acceptors (Lipinski definition) is 6. The van der Waals surface area contributed by atoms with Gasteiger partial charge in [-0.3, -0.25) is 9.59 Å². The third kappa shape index (κ3) is 5.30. The molecule has 134 valence electrons. The maximum atomic E-state index is 12.3. The molecule has 1 amide bonds. The molecule has 0 aliphatic carbocycles. The van der Waals surface area contributed by atoms with E-state index in [-0.39, 0.29) is 17.4 Å². The highest BCUT2D eigenvalue weighted by molar-refractivity contribution is 9.10. The number of ketones is 1. The Morgan fingerprint density at radius 1 is 1.36 bits per heavy atom. The highest BCUT2D eigenvalue weighted by atomic mass is 79.9. The van der Waals surface area contributed by atoms with E-state index in [2.05, 4.69) is 31.4 Å². The van der Waals surface area contributed by atoms with Gasteiger partial charge in [-0.25, -0.2) is 0 Å². The lowest BCUT2D eigenvalue weighted by Gasteiger charge is -2.06. The van der Waals surface area contributed by atoms with Crippen molar-refractivity contribution >= 4 is 39.4 Å². The molecule has 2 rings (SSSR count). The number of ether oxygens (including phenoxy) is 1. The Morgan fingerprint density at radius 2 is 2.12 bits per heavy atom. The van der Waals surface area contributed by atoms with Crippen LogP contribution in [-0.4, -0.2) is 45.9 Å². The summed E-state index contributed by atoms with van der Waals surface area (Å²) in [6.07, 6.45) is 0.586. The summed E-state index contributed by atoms with van der Waals surface area (Å²) in [6.45, 7) is 1.98. The van der Waals surface area contributed by atoms with Crippen LogP contribution in [0.5, 0.6) is 5.75 Å². The van der Waals surface area contributed by atoms with E-state index in [1.54, 1.807) is 25.3 Å². The normalized spacial score (nSPS) is 10.6. The number of Topliss-reactive ketones (excluding diaryl/α,β-unsaturated/α-hetero) is 1. The van der Waals surface area contributed by atoms with Crippen molar-refractivity contribution in [1.29, 1.82) is 0 Å². The molecule has 0 aliphatic rings. The van der Waals surface area contributed by atoms with Crippen LogP contribution in [0.25, 0.3) is 0 Å². The van der Waals surface area contributed by atoms with Gasteiger partial charge in [0.2, 0.25) is 5.91 Å². The fraction of sp³-hybridized carbons (Fsp3) is 0.375. The third-order valence-electron chi connectivity index (χ3n) is 3.45. The van der Waals surface area contributed by atoms with E-state index >= 15 is 0 Å². The van der Waals surface area contributed by atoms with Crippen LogP contribution in [-0.2, 0) is 18.3 Å². The number of aromatic nitrogens is 3. The zero-order chi connectivity index (χ0) is 18.4. The second-order valence-electron chi connectivity index (χ2n) is 5.25. The first-order chi connectivity index (χ1) is 11.9. The zero-order valence-corrected chi connectivity index (χ0v) is 16.6. The van der Waals surface area contributed by atoms with Gasteiger partial charge in [-0.15, -0.1) is 10.2 Å². The van der Waals surface area contributed by atoms with Gasteiger partial charge in [0.1, 0.15) is 11.6 Å². The monoisotopic (exact) mass is 426 g/mol. The number of methoxy groups -OCH3 is 1. The number of amides is 1. The van der Waals surface area contributed by atoms with Crippen molar-refractivity contribution < 1.29 is 14.3 Å². The molecule has 0 unspecified atom stereocenters. The molecule has 0 bridgehead atoms. The molecule has 1 aromatic heterocycles. The zero-order valence-electron chi connectivity index (χ0n) is 14.2. The smallest absolute Gasteiger partial charge is 0.216 e. The molecule has 0 aliphatic heterocycles. The van der Waals surface area contributed by atoms with Crippen LogP contribution in [0.3, 0.4) is 0 Å². The standard InChI is InChI=1S/C16H19BrN4O3S/c1-10(22)18-7-6-15-19-20-16(21(15)2)25-9-13(23)11-4-5-14(24-3)12(17)8-11/h4-5,8H,6-7,9H2,1-3H3,(H,18,22). The molecule has 0 spiro atoms. The molecule has 0 saturated carbocycles. The lowest BCUT2D eigenvalue weighted by atomic mass is 10.1. The van der Waals surface area contributed by atoms with Crippen LogP contribution in [0.15, 0.2) is 27.8 Å². The van der Waals surface area contributed by atoms with E-state index in [9.17, 15) is 9.59 Å². The average molecular weight is 427 g/mol. The largest absolute Gasteiger partial charge is 0.496 e. The molecule has 1 aromatic carbocycles. The van der Waals surface area contributed by atoms with Gasteiger partial charge in [0.15, 0.2) is 10.9 Å². The minimum atomic E-state index is -0.0759. The molecule has 25 heavy (non-hydrogen) atoms. The van der Waals surface area contributed by atoms with Gasteiger partial charge >= 0.3 is 0 Å². The quantitative estimate of drug-likeness (QED) is 0.514. The van der Waals surface area contributed by atoms with E-state index in [4.69, 9.17) is 4.74 Å². The maximum Gasteiger partial charge on any atom is 0.216 e. The van der Waals surface area contributed by atoms with E-state index in [1.165, 1.54) is 18.7 Å². The van der Waals surface area contributed by atoms with E-state index in [0.717, 1.165) is 10.3 Å². The first kappa shape index (κ1) is 19.5. The number of hydrogen-bond donors (Lipinski definition) is 1. The first-order valence-electron chi connectivity index (χ1n) is 7.54. The predicted octanol–water partition coefficient (Wildman–Crippen LogP) is 2.24. The van der Waals surface area contributed by atoms with Gasteiger partial charge in [0, 0.05) is 32.5 Å². The average Bonchev–Trinajstić information content (AvgIpc) is 2.92. The Kier molecular flexibility index (Phi) is 7.01. The summed E-state index contributed by atoms with van der Waals surface area (Å²) in [5, 5.41) is 11.6. The van der Waals surface area contributed by atoms with Crippen LogP contribution in [0.4, 0.5) is 0 Å². The number of nitrogens with one attached hydrogen (secondary N) is 1. The number of thioether (sulfide) groups is 1. The molecule has 0 fully saturated rings. The molecule has 9 heteroatoms. The van der Waals surface area contributed by atoms with Crippen LogP contribution in [0.1, 0.15) is 23.1 Å². The molecule has 0 atom stereocenters. The predicted molar refractivity (Wildman–Crippen MR) is 99.1 cm³/mol. The minimum Gasteiger partial charge on any atom is -0.496 e. The number of nitrogens with zero attached hydrogens (tertiary/aromatic N) is 3.